The molecule has 1 aromatic heterocycles. The lowest BCUT2D eigenvalue weighted by atomic mass is 10.1. The first-order valence-corrected chi connectivity index (χ1v) is 4.32. The summed E-state index contributed by atoms with van der Waals surface area (Å²) in [7, 11) is 0. The third-order valence-electron chi connectivity index (χ3n) is 1.83. The fourth-order valence-electron chi connectivity index (χ4n) is 1.14. The number of nitrogens with one attached hydrogen (secondary N) is 1. The number of nitrogens with zero attached hydrogens (tertiary/aromatic N) is 1. The summed E-state index contributed by atoms with van der Waals surface area (Å²) in [5, 5.41) is 3.25. The van der Waals surface area contributed by atoms with Gasteiger partial charge in [-0.25, -0.2) is 0 Å². The summed E-state index contributed by atoms with van der Waals surface area (Å²) >= 11 is 0. The Labute approximate surface area is 78.7 Å². The van der Waals surface area contributed by atoms with Gasteiger partial charge in [0, 0.05) is 31.5 Å². The van der Waals surface area contributed by atoms with Crippen molar-refractivity contribution in [2.75, 3.05) is 13.1 Å². The molecule has 0 aliphatic rings. The smallest absolute Gasteiger partial charge is 0.0462 e. The van der Waals surface area contributed by atoms with Crippen LogP contribution in [0.2, 0.25) is 0 Å². The Bertz CT molecular complexity index is 246. The summed E-state index contributed by atoms with van der Waals surface area (Å²) in [6, 6.07) is 4.10. The van der Waals surface area contributed by atoms with Crippen LogP contribution in [0.3, 0.4) is 0 Å². The molecule has 0 fully saturated rings. The van der Waals surface area contributed by atoms with Crippen LogP contribution in [0.1, 0.15) is 11.6 Å². The highest BCUT2D eigenvalue weighted by Crippen LogP contribution is 2.08. The Kier molecular flexibility index (Phi) is 4.15. The maximum atomic E-state index is 5.62. The molecule has 0 amide bonds. The van der Waals surface area contributed by atoms with Gasteiger partial charge in [-0.05, 0) is 11.6 Å². The van der Waals surface area contributed by atoms with Crippen molar-refractivity contribution in [3.63, 3.8) is 0 Å². The molecule has 1 atom stereocenters. The summed E-state index contributed by atoms with van der Waals surface area (Å²) < 4.78 is 0. The molecule has 13 heavy (non-hydrogen) atoms. The summed E-state index contributed by atoms with van der Waals surface area (Å²) in [6.45, 7) is 4.97. The highest BCUT2D eigenvalue weighted by molar-refractivity contribution is 5.14. The minimum absolute atomic E-state index is 0.173. The molecule has 1 rings (SSSR count). The normalized spacial score (nSPS) is 12.4. The van der Waals surface area contributed by atoms with Crippen LogP contribution < -0.4 is 11.1 Å². The number of rotatable bonds is 5. The standard InChI is InChI=1S/C10H15N3/c1-2-5-13-10(7-11)9-4-3-6-12-8-9/h2-4,6,8,10,13H,1,5,7,11H2. The third-order valence-corrected chi connectivity index (χ3v) is 1.83. The van der Waals surface area contributed by atoms with Crippen LogP contribution >= 0.6 is 0 Å². The van der Waals surface area contributed by atoms with Crippen molar-refractivity contribution < 1.29 is 0 Å². The van der Waals surface area contributed by atoms with Gasteiger partial charge in [0.05, 0.1) is 0 Å². The van der Waals surface area contributed by atoms with Gasteiger partial charge in [-0.3, -0.25) is 4.98 Å². The lowest BCUT2D eigenvalue weighted by molar-refractivity contribution is 0.576. The predicted molar refractivity (Wildman–Crippen MR) is 54.2 cm³/mol. The number of pyridine rings is 1. The van der Waals surface area contributed by atoms with Gasteiger partial charge < -0.3 is 11.1 Å². The summed E-state index contributed by atoms with van der Waals surface area (Å²) in [4.78, 5) is 4.04. The van der Waals surface area contributed by atoms with E-state index in [0.717, 1.165) is 12.1 Å². The first-order chi connectivity index (χ1) is 6.38. The molecule has 0 aliphatic heterocycles. The maximum absolute atomic E-state index is 5.62. The van der Waals surface area contributed by atoms with Gasteiger partial charge in [0.15, 0.2) is 0 Å². The van der Waals surface area contributed by atoms with E-state index in [1.165, 1.54) is 0 Å². The van der Waals surface area contributed by atoms with Crippen LogP contribution in [0.15, 0.2) is 37.2 Å². The molecule has 0 bridgehead atoms. The van der Waals surface area contributed by atoms with Crippen molar-refractivity contribution in [3.8, 4) is 0 Å². The van der Waals surface area contributed by atoms with Crippen molar-refractivity contribution in [2.24, 2.45) is 5.73 Å². The van der Waals surface area contributed by atoms with Gasteiger partial charge in [0.1, 0.15) is 0 Å². The molecule has 70 valence electrons. The molecule has 1 heterocycles. The largest absolute Gasteiger partial charge is 0.329 e. The van der Waals surface area contributed by atoms with E-state index < -0.39 is 0 Å². The number of aromatic nitrogens is 1. The van der Waals surface area contributed by atoms with Gasteiger partial charge >= 0.3 is 0 Å². The van der Waals surface area contributed by atoms with Crippen molar-refractivity contribution in [1.82, 2.24) is 10.3 Å². The van der Waals surface area contributed by atoms with Gasteiger partial charge in [-0.2, -0.15) is 0 Å². The van der Waals surface area contributed by atoms with Crippen molar-refractivity contribution in [1.29, 1.82) is 0 Å². The third kappa shape index (κ3) is 2.97. The topological polar surface area (TPSA) is 50.9 Å². The van der Waals surface area contributed by atoms with Crippen molar-refractivity contribution >= 4 is 0 Å². The van der Waals surface area contributed by atoms with Crippen LogP contribution in [-0.4, -0.2) is 18.1 Å². The van der Waals surface area contributed by atoms with Crippen LogP contribution in [0.4, 0.5) is 0 Å². The van der Waals surface area contributed by atoms with Crippen molar-refractivity contribution in [3.05, 3.63) is 42.7 Å². The number of nitrogens with two attached hydrogens (primary N) is 1. The molecule has 0 saturated heterocycles. The van der Waals surface area contributed by atoms with Gasteiger partial charge in [0.2, 0.25) is 0 Å². The summed E-state index contributed by atoms with van der Waals surface area (Å²) in [6.07, 6.45) is 5.40. The Morgan fingerprint density at radius 1 is 1.69 bits per heavy atom. The Morgan fingerprint density at radius 2 is 2.54 bits per heavy atom. The average molecular weight is 177 g/mol. The molecular weight excluding hydrogens is 162 g/mol. The SMILES string of the molecule is C=CCNC(CN)c1cccnc1. The maximum Gasteiger partial charge on any atom is 0.0462 e. The van der Waals surface area contributed by atoms with E-state index in [4.69, 9.17) is 5.73 Å². The van der Waals surface area contributed by atoms with Gasteiger partial charge in [-0.15, -0.1) is 6.58 Å². The average Bonchev–Trinajstić information content (AvgIpc) is 2.21. The quantitative estimate of drug-likeness (QED) is 0.656. The first-order valence-electron chi connectivity index (χ1n) is 4.32. The van der Waals surface area contributed by atoms with E-state index in [-0.39, 0.29) is 6.04 Å². The molecule has 0 aromatic carbocycles. The highest BCUT2D eigenvalue weighted by Gasteiger charge is 2.06. The van der Waals surface area contributed by atoms with E-state index in [9.17, 15) is 0 Å². The number of hydrogen-bond acceptors (Lipinski definition) is 3. The Balaban J connectivity index is 2.61. The molecule has 0 saturated carbocycles. The summed E-state index contributed by atoms with van der Waals surface area (Å²) in [5.41, 5.74) is 6.74. The number of hydrogen-bond donors (Lipinski definition) is 2. The van der Waals surface area contributed by atoms with Crippen LogP contribution in [0, 0.1) is 0 Å². The van der Waals surface area contributed by atoms with E-state index >= 15 is 0 Å². The Morgan fingerprint density at radius 3 is 3.08 bits per heavy atom. The van der Waals surface area contributed by atoms with E-state index in [1.807, 2.05) is 24.4 Å². The fraction of sp³-hybridized carbons (Fsp3) is 0.300. The van der Waals surface area contributed by atoms with Crippen LogP contribution in [0.25, 0.3) is 0 Å². The highest BCUT2D eigenvalue weighted by atomic mass is 14.9. The molecule has 3 N–H and O–H groups in total. The zero-order valence-electron chi connectivity index (χ0n) is 7.61. The predicted octanol–water partition coefficient (Wildman–Crippen LogP) is 0.857. The van der Waals surface area contributed by atoms with Crippen molar-refractivity contribution in [2.45, 2.75) is 6.04 Å². The van der Waals surface area contributed by atoms with E-state index in [2.05, 4.69) is 16.9 Å². The van der Waals surface area contributed by atoms with Gasteiger partial charge in [0.25, 0.3) is 0 Å². The Hall–Kier alpha value is -1.19. The zero-order chi connectivity index (χ0) is 9.52. The molecular formula is C10H15N3. The second-order valence-corrected chi connectivity index (χ2v) is 2.77. The second kappa shape index (κ2) is 5.45. The second-order valence-electron chi connectivity index (χ2n) is 2.77. The molecule has 0 radical (unpaired) electrons. The molecule has 1 unspecified atom stereocenters. The minimum Gasteiger partial charge on any atom is -0.329 e. The fourth-order valence-corrected chi connectivity index (χ4v) is 1.14. The lowest BCUT2D eigenvalue weighted by Crippen LogP contribution is -2.28. The molecule has 3 heteroatoms. The van der Waals surface area contributed by atoms with Crippen LogP contribution in [0.5, 0.6) is 0 Å². The van der Waals surface area contributed by atoms with E-state index in [0.29, 0.717) is 6.54 Å². The monoisotopic (exact) mass is 177 g/mol. The molecule has 0 aliphatic carbocycles. The first kappa shape index (κ1) is 9.89. The minimum atomic E-state index is 0.173. The zero-order valence-corrected chi connectivity index (χ0v) is 7.61. The van der Waals surface area contributed by atoms with Crippen LogP contribution in [-0.2, 0) is 0 Å². The molecule has 0 spiro atoms. The molecule has 3 nitrogen and oxygen atoms in total. The van der Waals surface area contributed by atoms with Gasteiger partial charge in [-0.1, -0.05) is 12.1 Å². The van der Waals surface area contributed by atoms with E-state index in [1.54, 1.807) is 6.20 Å². The molecule has 1 aromatic rings. The summed E-state index contributed by atoms with van der Waals surface area (Å²) in [5.74, 6) is 0. The lowest BCUT2D eigenvalue weighted by Gasteiger charge is -2.15.